The standard InChI is InChI=1S/C17H20N2O/c1-17(2,3)12-19-16-9-8-13(10-18-16)15-7-5-4-6-14(15)11-20/h4-11H,12H2,1-3H3,(H,18,19). The van der Waals surface area contributed by atoms with Crippen molar-refractivity contribution in [2.75, 3.05) is 11.9 Å². The van der Waals surface area contributed by atoms with Gasteiger partial charge in [-0.1, -0.05) is 45.0 Å². The number of aldehydes is 1. The van der Waals surface area contributed by atoms with E-state index >= 15 is 0 Å². The Morgan fingerprint density at radius 1 is 1.15 bits per heavy atom. The fourth-order valence-electron chi connectivity index (χ4n) is 1.88. The molecule has 1 aromatic heterocycles. The minimum atomic E-state index is 0.213. The lowest BCUT2D eigenvalue weighted by atomic mass is 9.97. The molecular weight excluding hydrogens is 248 g/mol. The highest BCUT2D eigenvalue weighted by atomic mass is 16.1. The van der Waals surface area contributed by atoms with Crippen LogP contribution in [-0.2, 0) is 0 Å². The summed E-state index contributed by atoms with van der Waals surface area (Å²) in [5, 5.41) is 3.31. The first-order chi connectivity index (χ1) is 9.49. The number of nitrogens with zero attached hydrogens (tertiary/aromatic N) is 1. The fraction of sp³-hybridized carbons (Fsp3) is 0.294. The van der Waals surface area contributed by atoms with E-state index in [2.05, 4.69) is 31.1 Å². The van der Waals surface area contributed by atoms with Crippen LogP contribution in [0.5, 0.6) is 0 Å². The molecular formula is C17H20N2O. The van der Waals surface area contributed by atoms with E-state index in [1.165, 1.54) is 0 Å². The molecule has 2 aromatic rings. The van der Waals surface area contributed by atoms with Gasteiger partial charge in [-0.15, -0.1) is 0 Å². The average molecular weight is 268 g/mol. The van der Waals surface area contributed by atoms with Gasteiger partial charge in [0.1, 0.15) is 5.82 Å². The van der Waals surface area contributed by atoms with Crippen molar-refractivity contribution in [3.63, 3.8) is 0 Å². The van der Waals surface area contributed by atoms with Gasteiger partial charge < -0.3 is 5.32 Å². The quantitative estimate of drug-likeness (QED) is 0.852. The number of rotatable bonds is 4. The predicted molar refractivity (Wildman–Crippen MR) is 83.0 cm³/mol. The van der Waals surface area contributed by atoms with Gasteiger partial charge in [-0.25, -0.2) is 4.98 Å². The summed E-state index contributed by atoms with van der Waals surface area (Å²) in [7, 11) is 0. The van der Waals surface area contributed by atoms with E-state index in [4.69, 9.17) is 0 Å². The number of aromatic nitrogens is 1. The molecule has 0 atom stereocenters. The van der Waals surface area contributed by atoms with Crippen molar-refractivity contribution in [3.05, 3.63) is 48.2 Å². The average Bonchev–Trinajstić information content (AvgIpc) is 2.45. The molecule has 0 aliphatic heterocycles. The second-order valence-electron chi connectivity index (χ2n) is 6.05. The van der Waals surface area contributed by atoms with Gasteiger partial charge in [-0.3, -0.25) is 4.79 Å². The number of hydrogen-bond donors (Lipinski definition) is 1. The molecule has 0 spiro atoms. The van der Waals surface area contributed by atoms with Crippen LogP contribution in [0.4, 0.5) is 5.82 Å². The second-order valence-corrected chi connectivity index (χ2v) is 6.05. The molecule has 0 amide bonds. The maximum Gasteiger partial charge on any atom is 0.150 e. The molecule has 0 saturated heterocycles. The fourth-order valence-corrected chi connectivity index (χ4v) is 1.88. The molecule has 1 N–H and O–H groups in total. The number of anilines is 1. The van der Waals surface area contributed by atoms with Gasteiger partial charge >= 0.3 is 0 Å². The Balaban J connectivity index is 2.18. The Morgan fingerprint density at radius 3 is 2.50 bits per heavy atom. The van der Waals surface area contributed by atoms with Crippen LogP contribution >= 0.6 is 0 Å². The highest BCUT2D eigenvalue weighted by molar-refractivity contribution is 5.87. The van der Waals surface area contributed by atoms with Crippen molar-refractivity contribution in [2.24, 2.45) is 5.41 Å². The number of carbonyl (C=O) groups is 1. The maximum absolute atomic E-state index is 11.0. The zero-order valence-electron chi connectivity index (χ0n) is 12.2. The summed E-state index contributed by atoms with van der Waals surface area (Å²) in [5.41, 5.74) is 2.76. The Bertz CT molecular complexity index is 583. The summed E-state index contributed by atoms with van der Waals surface area (Å²) >= 11 is 0. The second kappa shape index (κ2) is 5.87. The summed E-state index contributed by atoms with van der Waals surface area (Å²) in [4.78, 5) is 15.5. The first-order valence-electron chi connectivity index (χ1n) is 6.74. The van der Waals surface area contributed by atoms with Crippen LogP contribution in [0.25, 0.3) is 11.1 Å². The van der Waals surface area contributed by atoms with E-state index in [1.54, 1.807) is 6.20 Å². The van der Waals surface area contributed by atoms with Gasteiger partial charge in [0.15, 0.2) is 6.29 Å². The third-order valence-corrected chi connectivity index (χ3v) is 2.96. The smallest absolute Gasteiger partial charge is 0.150 e. The molecule has 2 rings (SSSR count). The van der Waals surface area contributed by atoms with Gasteiger partial charge in [-0.05, 0) is 23.1 Å². The lowest BCUT2D eigenvalue weighted by Gasteiger charge is -2.19. The molecule has 0 bridgehead atoms. The topological polar surface area (TPSA) is 42.0 Å². The number of pyridine rings is 1. The normalized spacial score (nSPS) is 11.2. The van der Waals surface area contributed by atoms with Gasteiger partial charge in [0, 0.05) is 23.9 Å². The Hall–Kier alpha value is -2.16. The third kappa shape index (κ3) is 3.67. The minimum absolute atomic E-state index is 0.213. The van der Waals surface area contributed by atoms with Crippen LogP contribution < -0.4 is 5.32 Å². The van der Waals surface area contributed by atoms with Crippen LogP contribution in [0.15, 0.2) is 42.6 Å². The number of nitrogens with one attached hydrogen (secondary N) is 1. The number of hydrogen-bond acceptors (Lipinski definition) is 3. The Labute approximate surface area is 120 Å². The number of benzene rings is 1. The first-order valence-corrected chi connectivity index (χ1v) is 6.74. The van der Waals surface area contributed by atoms with Crippen molar-refractivity contribution in [1.82, 2.24) is 4.98 Å². The predicted octanol–water partition coefficient (Wildman–Crippen LogP) is 4.02. The van der Waals surface area contributed by atoms with E-state index in [0.29, 0.717) is 5.56 Å². The molecule has 1 heterocycles. The monoisotopic (exact) mass is 268 g/mol. The lowest BCUT2D eigenvalue weighted by molar-refractivity contribution is 0.112. The Morgan fingerprint density at radius 2 is 1.90 bits per heavy atom. The molecule has 20 heavy (non-hydrogen) atoms. The highest BCUT2D eigenvalue weighted by Gasteiger charge is 2.10. The van der Waals surface area contributed by atoms with Crippen LogP contribution in [0.1, 0.15) is 31.1 Å². The Kier molecular flexibility index (Phi) is 4.18. The van der Waals surface area contributed by atoms with E-state index in [-0.39, 0.29) is 5.41 Å². The van der Waals surface area contributed by atoms with E-state index < -0.39 is 0 Å². The van der Waals surface area contributed by atoms with Crippen LogP contribution in [0.2, 0.25) is 0 Å². The van der Waals surface area contributed by atoms with E-state index in [9.17, 15) is 4.79 Å². The molecule has 3 nitrogen and oxygen atoms in total. The van der Waals surface area contributed by atoms with Crippen molar-refractivity contribution in [1.29, 1.82) is 0 Å². The largest absolute Gasteiger partial charge is 0.370 e. The summed E-state index contributed by atoms with van der Waals surface area (Å²) in [6, 6.07) is 11.5. The lowest BCUT2D eigenvalue weighted by Crippen LogP contribution is -2.19. The SMILES string of the molecule is CC(C)(C)CNc1ccc(-c2ccccc2C=O)cn1. The van der Waals surface area contributed by atoms with Crippen molar-refractivity contribution >= 4 is 12.1 Å². The summed E-state index contributed by atoms with van der Waals surface area (Å²) < 4.78 is 0. The van der Waals surface area contributed by atoms with Gasteiger partial charge in [-0.2, -0.15) is 0 Å². The summed E-state index contributed by atoms with van der Waals surface area (Å²) in [6.07, 6.45) is 2.68. The zero-order valence-corrected chi connectivity index (χ0v) is 12.2. The molecule has 104 valence electrons. The third-order valence-electron chi connectivity index (χ3n) is 2.96. The van der Waals surface area contributed by atoms with Crippen LogP contribution in [0, 0.1) is 5.41 Å². The molecule has 0 unspecified atom stereocenters. The van der Waals surface area contributed by atoms with Crippen molar-refractivity contribution < 1.29 is 4.79 Å². The molecule has 0 aliphatic carbocycles. The highest BCUT2D eigenvalue weighted by Crippen LogP contribution is 2.23. The summed E-state index contributed by atoms with van der Waals surface area (Å²) in [6.45, 7) is 7.39. The zero-order chi connectivity index (χ0) is 14.6. The minimum Gasteiger partial charge on any atom is -0.370 e. The molecule has 0 saturated carbocycles. The molecule has 0 aliphatic rings. The molecule has 0 radical (unpaired) electrons. The van der Waals surface area contributed by atoms with Crippen molar-refractivity contribution in [3.8, 4) is 11.1 Å². The molecule has 1 aromatic carbocycles. The van der Waals surface area contributed by atoms with Gasteiger partial charge in [0.2, 0.25) is 0 Å². The van der Waals surface area contributed by atoms with Crippen molar-refractivity contribution in [2.45, 2.75) is 20.8 Å². The maximum atomic E-state index is 11.0. The van der Waals surface area contributed by atoms with Gasteiger partial charge in [0.05, 0.1) is 0 Å². The van der Waals surface area contributed by atoms with Crippen LogP contribution in [-0.4, -0.2) is 17.8 Å². The van der Waals surface area contributed by atoms with E-state index in [0.717, 1.165) is 29.8 Å². The molecule has 3 heteroatoms. The molecule has 0 fully saturated rings. The van der Waals surface area contributed by atoms with Crippen LogP contribution in [0.3, 0.4) is 0 Å². The van der Waals surface area contributed by atoms with E-state index in [1.807, 2.05) is 36.4 Å². The summed E-state index contributed by atoms with van der Waals surface area (Å²) in [5.74, 6) is 0.854. The van der Waals surface area contributed by atoms with Gasteiger partial charge in [0.25, 0.3) is 0 Å². The number of carbonyl (C=O) groups excluding carboxylic acids is 1. The first kappa shape index (κ1) is 14.3.